The number of aliphatic carboxylic acids is 1. The standard InChI is InChI=1S/C19H19F3N2O7S/c20-19(21,22)12-9-16(18(23-10-12)30-8-7-25)32(28,29)24-11-13(5-6-17(26)27)31-15-4-2-1-3-14(15)24/h1-4,9-10,13,25H,5-8,11H2,(H,26,27)/t13-/m0/s1. The Kier molecular flexibility index (Phi) is 6.79. The number of sulfonamides is 1. The minimum atomic E-state index is -4.86. The first-order valence-electron chi connectivity index (χ1n) is 9.35. The summed E-state index contributed by atoms with van der Waals surface area (Å²) in [4.78, 5) is 13.6. The molecule has 13 heteroatoms. The molecule has 1 aromatic heterocycles. The zero-order chi connectivity index (χ0) is 23.5. The SMILES string of the molecule is O=C(O)CC[C@H]1CN(S(=O)(=O)c2cc(C(F)(F)F)cnc2OCCO)c2ccccc2O1. The van der Waals surface area contributed by atoms with E-state index in [-0.39, 0.29) is 37.4 Å². The summed E-state index contributed by atoms with van der Waals surface area (Å²) in [7, 11) is -4.65. The molecule has 0 saturated heterocycles. The van der Waals surface area contributed by atoms with Gasteiger partial charge in [0.25, 0.3) is 10.0 Å². The molecule has 0 bridgehead atoms. The van der Waals surface area contributed by atoms with Crippen LogP contribution in [0.1, 0.15) is 18.4 Å². The number of benzene rings is 1. The number of para-hydroxylation sites is 2. The number of fused-ring (bicyclic) bond motifs is 1. The molecule has 1 aliphatic heterocycles. The molecule has 1 atom stereocenters. The van der Waals surface area contributed by atoms with Gasteiger partial charge < -0.3 is 19.7 Å². The smallest absolute Gasteiger partial charge is 0.417 e. The Morgan fingerprint density at radius 1 is 1.31 bits per heavy atom. The highest BCUT2D eigenvalue weighted by Crippen LogP contribution is 2.40. The van der Waals surface area contributed by atoms with Crippen LogP contribution in [0.25, 0.3) is 0 Å². The zero-order valence-corrected chi connectivity index (χ0v) is 17.3. The van der Waals surface area contributed by atoms with Crippen molar-refractivity contribution in [2.24, 2.45) is 0 Å². The van der Waals surface area contributed by atoms with E-state index in [0.29, 0.717) is 12.3 Å². The minimum Gasteiger partial charge on any atom is -0.486 e. The van der Waals surface area contributed by atoms with Crippen LogP contribution in [-0.4, -0.2) is 55.4 Å². The van der Waals surface area contributed by atoms with E-state index in [1.165, 1.54) is 18.2 Å². The molecule has 0 unspecified atom stereocenters. The third kappa shape index (κ3) is 5.05. The summed E-state index contributed by atoms with van der Waals surface area (Å²) < 4.78 is 78.4. The van der Waals surface area contributed by atoms with E-state index < -0.39 is 51.2 Å². The monoisotopic (exact) mass is 476 g/mol. The van der Waals surface area contributed by atoms with Crippen LogP contribution in [0.4, 0.5) is 18.9 Å². The molecule has 0 saturated carbocycles. The Morgan fingerprint density at radius 2 is 2.03 bits per heavy atom. The van der Waals surface area contributed by atoms with Gasteiger partial charge in [0.1, 0.15) is 18.5 Å². The lowest BCUT2D eigenvalue weighted by atomic mass is 10.1. The lowest BCUT2D eigenvalue weighted by Gasteiger charge is -2.35. The number of hydrogen-bond donors (Lipinski definition) is 2. The molecule has 2 N–H and O–H groups in total. The normalized spacial score (nSPS) is 16.2. The number of alkyl halides is 3. The van der Waals surface area contributed by atoms with Crippen LogP contribution in [0.3, 0.4) is 0 Å². The first-order chi connectivity index (χ1) is 15.0. The molecule has 1 aliphatic rings. The first-order valence-corrected chi connectivity index (χ1v) is 10.8. The van der Waals surface area contributed by atoms with Gasteiger partial charge in [0.05, 0.1) is 24.4 Å². The molecular weight excluding hydrogens is 457 g/mol. The predicted molar refractivity (Wildman–Crippen MR) is 104 cm³/mol. The molecule has 0 aliphatic carbocycles. The Bertz CT molecular complexity index is 1090. The maximum Gasteiger partial charge on any atom is 0.417 e. The van der Waals surface area contributed by atoms with E-state index >= 15 is 0 Å². The summed E-state index contributed by atoms with van der Waals surface area (Å²) in [6.45, 7) is -1.23. The van der Waals surface area contributed by atoms with Crippen LogP contribution < -0.4 is 13.8 Å². The summed E-state index contributed by atoms with van der Waals surface area (Å²) in [6, 6.07) is 6.40. The highest BCUT2D eigenvalue weighted by atomic mass is 32.2. The van der Waals surface area contributed by atoms with Crippen molar-refractivity contribution in [3.05, 3.63) is 42.1 Å². The number of nitrogens with zero attached hydrogens (tertiary/aromatic N) is 2. The molecule has 0 amide bonds. The van der Waals surface area contributed by atoms with Crippen molar-refractivity contribution in [2.75, 3.05) is 24.1 Å². The van der Waals surface area contributed by atoms with Gasteiger partial charge in [-0.1, -0.05) is 12.1 Å². The second-order valence-electron chi connectivity index (χ2n) is 6.77. The van der Waals surface area contributed by atoms with Crippen molar-refractivity contribution in [1.82, 2.24) is 4.98 Å². The molecule has 3 rings (SSSR count). The fourth-order valence-corrected chi connectivity index (χ4v) is 4.68. The number of aromatic nitrogens is 1. The van der Waals surface area contributed by atoms with Crippen LogP contribution >= 0.6 is 0 Å². The van der Waals surface area contributed by atoms with Gasteiger partial charge >= 0.3 is 12.1 Å². The van der Waals surface area contributed by atoms with Crippen LogP contribution in [0.5, 0.6) is 11.6 Å². The van der Waals surface area contributed by atoms with Gasteiger partial charge in [0.15, 0.2) is 4.90 Å². The quantitative estimate of drug-likeness (QED) is 0.595. The number of pyridine rings is 1. The van der Waals surface area contributed by atoms with Gasteiger partial charge in [-0.25, -0.2) is 13.4 Å². The summed E-state index contributed by atoms with van der Waals surface area (Å²) >= 11 is 0. The number of aliphatic hydroxyl groups is 1. The largest absolute Gasteiger partial charge is 0.486 e. The van der Waals surface area contributed by atoms with Gasteiger partial charge in [-0.15, -0.1) is 0 Å². The average Bonchev–Trinajstić information content (AvgIpc) is 2.74. The fraction of sp³-hybridized carbons (Fsp3) is 0.368. The number of carboxylic acids is 1. The molecule has 9 nitrogen and oxygen atoms in total. The van der Waals surface area contributed by atoms with Gasteiger partial charge in [-0.2, -0.15) is 13.2 Å². The number of carbonyl (C=O) groups is 1. The molecule has 1 aromatic carbocycles. The average molecular weight is 476 g/mol. The van der Waals surface area contributed by atoms with Gasteiger partial charge in [0.2, 0.25) is 5.88 Å². The lowest BCUT2D eigenvalue weighted by Crippen LogP contribution is -2.44. The van der Waals surface area contributed by atoms with E-state index in [9.17, 15) is 26.4 Å². The van der Waals surface area contributed by atoms with Crippen molar-refractivity contribution in [3.63, 3.8) is 0 Å². The molecule has 2 heterocycles. The fourth-order valence-electron chi connectivity index (χ4n) is 3.07. The number of ether oxygens (including phenoxy) is 2. The number of hydrogen-bond acceptors (Lipinski definition) is 7. The highest BCUT2D eigenvalue weighted by Gasteiger charge is 2.39. The summed E-state index contributed by atoms with van der Waals surface area (Å²) in [6.07, 6.45) is -5.59. The van der Waals surface area contributed by atoms with E-state index in [0.717, 1.165) is 4.31 Å². The molecule has 174 valence electrons. The molecule has 2 aromatic rings. The van der Waals surface area contributed by atoms with E-state index in [2.05, 4.69) is 4.98 Å². The van der Waals surface area contributed by atoms with Crippen molar-refractivity contribution in [1.29, 1.82) is 0 Å². The molecule has 0 radical (unpaired) electrons. The van der Waals surface area contributed by atoms with Crippen molar-refractivity contribution in [2.45, 2.75) is 30.0 Å². The predicted octanol–water partition coefficient (Wildman–Crippen LogP) is 2.29. The maximum absolute atomic E-state index is 13.5. The number of anilines is 1. The van der Waals surface area contributed by atoms with Crippen LogP contribution in [-0.2, 0) is 21.0 Å². The highest BCUT2D eigenvalue weighted by molar-refractivity contribution is 7.93. The van der Waals surface area contributed by atoms with E-state index in [4.69, 9.17) is 19.7 Å². The lowest BCUT2D eigenvalue weighted by molar-refractivity contribution is -0.138. The second-order valence-corrected chi connectivity index (χ2v) is 8.60. The number of rotatable bonds is 8. The molecule has 32 heavy (non-hydrogen) atoms. The summed E-state index contributed by atoms with van der Waals surface area (Å²) in [5.74, 6) is -1.57. The van der Waals surface area contributed by atoms with Crippen molar-refractivity contribution in [3.8, 4) is 11.6 Å². The number of halogens is 3. The maximum atomic E-state index is 13.5. The van der Waals surface area contributed by atoms with Crippen molar-refractivity contribution < 1.29 is 46.1 Å². The zero-order valence-electron chi connectivity index (χ0n) is 16.4. The van der Waals surface area contributed by atoms with Crippen LogP contribution in [0.2, 0.25) is 0 Å². The molecule has 0 fully saturated rings. The first kappa shape index (κ1) is 23.6. The third-order valence-corrected chi connectivity index (χ3v) is 6.30. The second kappa shape index (κ2) is 9.20. The Morgan fingerprint density at radius 3 is 2.69 bits per heavy atom. The Balaban J connectivity index is 2.09. The summed E-state index contributed by atoms with van der Waals surface area (Å²) in [5.41, 5.74) is -1.22. The van der Waals surface area contributed by atoms with E-state index in [1.54, 1.807) is 6.07 Å². The van der Waals surface area contributed by atoms with Gasteiger partial charge in [-0.05, 0) is 24.6 Å². The Labute approximate surface area is 181 Å². The minimum absolute atomic E-state index is 0.0234. The van der Waals surface area contributed by atoms with Crippen LogP contribution in [0.15, 0.2) is 41.4 Å². The van der Waals surface area contributed by atoms with E-state index in [1.807, 2.05) is 0 Å². The third-order valence-electron chi connectivity index (χ3n) is 4.52. The molecular formula is C19H19F3N2O7S. The summed E-state index contributed by atoms with van der Waals surface area (Å²) in [5, 5.41) is 17.9. The number of carboxylic acid groups (broad SMARTS) is 1. The number of aliphatic hydroxyl groups excluding tert-OH is 1. The van der Waals surface area contributed by atoms with Crippen LogP contribution in [0, 0.1) is 0 Å². The topological polar surface area (TPSA) is 126 Å². The van der Waals surface area contributed by atoms with Gasteiger partial charge in [0, 0.05) is 12.6 Å². The Hall–Kier alpha value is -3.06. The van der Waals surface area contributed by atoms with Gasteiger partial charge in [-0.3, -0.25) is 9.10 Å². The van der Waals surface area contributed by atoms with Crippen molar-refractivity contribution >= 4 is 21.7 Å². The molecule has 0 spiro atoms.